The zero-order valence-corrected chi connectivity index (χ0v) is 11.3. The van der Waals surface area contributed by atoms with E-state index in [1.54, 1.807) is 11.3 Å². The average molecular weight is 330 g/mol. The molecule has 0 atom stereocenters. The summed E-state index contributed by atoms with van der Waals surface area (Å²) in [6.07, 6.45) is 0. The Hall–Kier alpha value is -0.620. The zero-order chi connectivity index (χ0) is 10.7. The van der Waals surface area contributed by atoms with Gasteiger partial charge in [0.2, 0.25) is 0 Å². The highest BCUT2D eigenvalue weighted by molar-refractivity contribution is 14.1. The van der Waals surface area contributed by atoms with Gasteiger partial charge in [-0.2, -0.15) is 0 Å². The second kappa shape index (κ2) is 4.94. The first-order valence-electron chi connectivity index (χ1n) is 4.64. The molecule has 0 fully saturated rings. The van der Waals surface area contributed by atoms with Crippen LogP contribution in [0, 0.1) is 10.5 Å². The van der Waals surface area contributed by atoms with Crippen molar-refractivity contribution in [1.29, 1.82) is 0 Å². The molecule has 1 N–H and O–H groups in total. The van der Waals surface area contributed by atoms with Crippen molar-refractivity contribution in [3.8, 4) is 0 Å². The van der Waals surface area contributed by atoms with Crippen LogP contribution in [0.4, 0.5) is 5.69 Å². The molecular weight excluding hydrogens is 319 g/mol. The molecule has 15 heavy (non-hydrogen) atoms. The molecule has 1 aromatic heterocycles. The van der Waals surface area contributed by atoms with Gasteiger partial charge in [0.25, 0.3) is 0 Å². The lowest BCUT2D eigenvalue weighted by molar-refractivity contribution is 1.12. The standard InChI is InChI=1S/C11H11IN2S/c1-8-11(15-7-14-8)6-13-10-4-2-9(12)3-5-10/h2-5,7,13H,6H2,1H3. The molecule has 0 saturated carbocycles. The monoisotopic (exact) mass is 330 g/mol. The van der Waals surface area contributed by atoms with E-state index < -0.39 is 0 Å². The Bertz CT molecular complexity index is 436. The van der Waals surface area contributed by atoms with Gasteiger partial charge >= 0.3 is 0 Å². The minimum atomic E-state index is 0.858. The number of hydrogen-bond donors (Lipinski definition) is 1. The number of aromatic nitrogens is 1. The summed E-state index contributed by atoms with van der Waals surface area (Å²) < 4.78 is 1.26. The van der Waals surface area contributed by atoms with Crippen molar-refractivity contribution in [3.05, 3.63) is 43.9 Å². The summed E-state index contributed by atoms with van der Waals surface area (Å²) in [5, 5.41) is 3.38. The quantitative estimate of drug-likeness (QED) is 0.869. The third kappa shape index (κ3) is 2.92. The van der Waals surface area contributed by atoms with Crippen molar-refractivity contribution < 1.29 is 0 Å². The van der Waals surface area contributed by atoms with Gasteiger partial charge in [0.05, 0.1) is 17.7 Å². The van der Waals surface area contributed by atoms with Gasteiger partial charge < -0.3 is 5.32 Å². The number of thiazole rings is 1. The fourth-order valence-corrected chi connectivity index (χ4v) is 2.32. The van der Waals surface area contributed by atoms with Crippen LogP contribution in [0.2, 0.25) is 0 Å². The number of hydrogen-bond acceptors (Lipinski definition) is 3. The first-order chi connectivity index (χ1) is 7.25. The van der Waals surface area contributed by atoms with Gasteiger partial charge in [-0.15, -0.1) is 11.3 Å². The van der Waals surface area contributed by atoms with E-state index in [0.717, 1.165) is 17.9 Å². The van der Waals surface area contributed by atoms with Crippen LogP contribution in [-0.2, 0) is 6.54 Å². The molecule has 0 aliphatic carbocycles. The van der Waals surface area contributed by atoms with E-state index in [0.29, 0.717) is 0 Å². The smallest absolute Gasteiger partial charge is 0.0798 e. The molecule has 0 bridgehead atoms. The molecule has 0 aliphatic heterocycles. The second-order valence-electron chi connectivity index (χ2n) is 3.22. The molecule has 0 unspecified atom stereocenters. The maximum absolute atomic E-state index is 4.22. The van der Waals surface area contributed by atoms with Crippen LogP contribution in [-0.4, -0.2) is 4.98 Å². The van der Waals surface area contributed by atoms with E-state index in [-0.39, 0.29) is 0 Å². The first-order valence-corrected chi connectivity index (χ1v) is 6.60. The van der Waals surface area contributed by atoms with Crippen LogP contribution < -0.4 is 5.32 Å². The minimum Gasteiger partial charge on any atom is -0.380 e. The summed E-state index contributed by atoms with van der Waals surface area (Å²) in [5.74, 6) is 0. The number of halogens is 1. The first kappa shape index (κ1) is 10.9. The van der Waals surface area contributed by atoms with Crippen molar-refractivity contribution in [1.82, 2.24) is 4.98 Å². The highest BCUT2D eigenvalue weighted by Gasteiger charge is 2.00. The molecule has 4 heteroatoms. The van der Waals surface area contributed by atoms with Gasteiger partial charge in [0.1, 0.15) is 0 Å². The van der Waals surface area contributed by atoms with E-state index in [9.17, 15) is 0 Å². The van der Waals surface area contributed by atoms with Gasteiger partial charge in [0.15, 0.2) is 0 Å². The molecule has 0 spiro atoms. The summed E-state index contributed by atoms with van der Waals surface area (Å²) in [7, 11) is 0. The van der Waals surface area contributed by atoms with Crippen LogP contribution in [0.25, 0.3) is 0 Å². The Labute approximate surface area is 107 Å². The topological polar surface area (TPSA) is 24.9 Å². The highest BCUT2D eigenvalue weighted by Crippen LogP contribution is 2.16. The van der Waals surface area contributed by atoms with Crippen LogP contribution >= 0.6 is 33.9 Å². The van der Waals surface area contributed by atoms with Crippen molar-refractivity contribution in [2.24, 2.45) is 0 Å². The van der Waals surface area contributed by atoms with E-state index in [4.69, 9.17) is 0 Å². The summed E-state index contributed by atoms with van der Waals surface area (Å²) in [6.45, 7) is 2.90. The Kier molecular flexibility index (Phi) is 3.58. The molecule has 2 nitrogen and oxygen atoms in total. The largest absolute Gasteiger partial charge is 0.380 e. The Morgan fingerprint density at radius 1 is 1.33 bits per heavy atom. The number of anilines is 1. The predicted octanol–water partition coefficient (Wildman–Crippen LogP) is 3.67. The molecule has 2 aromatic rings. The average Bonchev–Trinajstić information content (AvgIpc) is 2.63. The maximum Gasteiger partial charge on any atom is 0.0798 e. The SMILES string of the molecule is Cc1ncsc1CNc1ccc(I)cc1. The third-order valence-electron chi connectivity index (χ3n) is 2.14. The molecule has 1 heterocycles. The summed E-state index contributed by atoms with van der Waals surface area (Å²) in [4.78, 5) is 5.52. The Morgan fingerprint density at radius 2 is 2.07 bits per heavy atom. The van der Waals surface area contributed by atoms with Crippen LogP contribution in [0.3, 0.4) is 0 Å². The fraction of sp³-hybridized carbons (Fsp3) is 0.182. The van der Waals surface area contributed by atoms with Crippen molar-refractivity contribution in [2.45, 2.75) is 13.5 Å². The van der Waals surface area contributed by atoms with Crippen LogP contribution in [0.1, 0.15) is 10.6 Å². The second-order valence-corrected chi connectivity index (χ2v) is 5.41. The molecule has 0 amide bonds. The summed E-state index contributed by atoms with van der Waals surface area (Å²) in [6, 6.07) is 8.39. The lowest BCUT2D eigenvalue weighted by atomic mass is 10.3. The zero-order valence-electron chi connectivity index (χ0n) is 8.33. The number of benzene rings is 1. The molecule has 1 aromatic carbocycles. The minimum absolute atomic E-state index is 0.858. The molecule has 0 radical (unpaired) electrons. The molecule has 0 aliphatic rings. The number of nitrogens with one attached hydrogen (secondary N) is 1. The number of aryl methyl sites for hydroxylation is 1. The Morgan fingerprint density at radius 3 is 2.67 bits per heavy atom. The van der Waals surface area contributed by atoms with Crippen LogP contribution in [0.5, 0.6) is 0 Å². The van der Waals surface area contributed by atoms with Gasteiger partial charge in [-0.05, 0) is 53.8 Å². The Balaban J connectivity index is 1.99. The third-order valence-corrected chi connectivity index (χ3v) is 3.80. The van der Waals surface area contributed by atoms with Gasteiger partial charge in [-0.3, -0.25) is 0 Å². The summed E-state index contributed by atoms with van der Waals surface area (Å²) in [5.41, 5.74) is 4.17. The van der Waals surface area contributed by atoms with Gasteiger partial charge in [-0.25, -0.2) is 4.98 Å². The van der Waals surface area contributed by atoms with E-state index >= 15 is 0 Å². The van der Waals surface area contributed by atoms with Crippen molar-refractivity contribution >= 4 is 39.6 Å². The molecular formula is C11H11IN2S. The van der Waals surface area contributed by atoms with E-state index in [2.05, 4.69) is 57.2 Å². The number of rotatable bonds is 3. The van der Waals surface area contributed by atoms with Crippen molar-refractivity contribution in [2.75, 3.05) is 5.32 Å². The molecule has 0 saturated heterocycles. The van der Waals surface area contributed by atoms with Gasteiger partial charge in [-0.1, -0.05) is 0 Å². The number of nitrogens with zero attached hydrogens (tertiary/aromatic N) is 1. The predicted molar refractivity (Wildman–Crippen MR) is 73.3 cm³/mol. The van der Waals surface area contributed by atoms with E-state index in [1.807, 2.05) is 12.4 Å². The lowest BCUT2D eigenvalue weighted by Crippen LogP contribution is -1.98. The maximum atomic E-state index is 4.22. The van der Waals surface area contributed by atoms with Crippen LogP contribution in [0.15, 0.2) is 29.8 Å². The molecule has 78 valence electrons. The van der Waals surface area contributed by atoms with Gasteiger partial charge in [0, 0.05) is 14.1 Å². The normalized spacial score (nSPS) is 10.3. The fourth-order valence-electron chi connectivity index (χ4n) is 1.25. The highest BCUT2D eigenvalue weighted by atomic mass is 127. The van der Waals surface area contributed by atoms with E-state index in [1.165, 1.54) is 8.45 Å². The van der Waals surface area contributed by atoms with Crippen molar-refractivity contribution in [3.63, 3.8) is 0 Å². The molecule has 2 rings (SSSR count). The summed E-state index contributed by atoms with van der Waals surface area (Å²) >= 11 is 4.00. The lowest BCUT2D eigenvalue weighted by Gasteiger charge is -2.04.